The van der Waals surface area contributed by atoms with Crippen molar-refractivity contribution < 1.29 is 14.4 Å². The van der Waals surface area contributed by atoms with E-state index in [1.165, 1.54) is 11.3 Å². The maximum absolute atomic E-state index is 12.5. The van der Waals surface area contributed by atoms with Gasteiger partial charge in [-0.3, -0.25) is 14.4 Å². The molecule has 1 saturated heterocycles. The summed E-state index contributed by atoms with van der Waals surface area (Å²) in [6.45, 7) is 2.85. The highest BCUT2D eigenvalue weighted by atomic mass is 79.9. The number of hydrogen-bond acceptors (Lipinski definition) is 4. The van der Waals surface area contributed by atoms with Crippen LogP contribution in [0.3, 0.4) is 0 Å². The minimum absolute atomic E-state index is 0.0315. The van der Waals surface area contributed by atoms with Crippen LogP contribution in [0.2, 0.25) is 0 Å². The van der Waals surface area contributed by atoms with E-state index < -0.39 is 0 Å². The molecule has 8 heteroatoms. The molecule has 3 amide bonds. The lowest BCUT2D eigenvalue weighted by atomic mass is 9.97. The van der Waals surface area contributed by atoms with Gasteiger partial charge in [-0.05, 0) is 55.0 Å². The van der Waals surface area contributed by atoms with Gasteiger partial charge in [0.05, 0.1) is 17.3 Å². The molecule has 1 fully saturated rings. The molecule has 6 nitrogen and oxygen atoms in total. The van der Waals surface area contributed by atoms with Crippen LogP contribution in [0, 0.1) is 12.8 Å². The quantitative estimate of drug-likeness (QED) is 0.712. The Bertz CT molecular complexity index is 870. The van der Waals surface area contributed by atoms with Crippen molar-refractivity contribution >= 4 is 50.7 Å². The van der Waals surface area contributed by atoms with Gasteiger partial charge in [0.1, 0.15) is 0 Å². The van der Waals surface area contributed by atoms with Gasteiger partial charge in [0, 0.05) is 23.2 Å². The maximum atomic E-state index is 12.5. The highest BCUT2D eigenvalue weighted by Crippen LogP contribution is 2.21. The number of nitrogens with zero attached hydrogens (tertiary/aromatic N) is 1. The third-order valence-electron chi connectivity index (χ3n) is 4.70. The second-order valence-electron chi connectivity index (χ2n) is 6.79. The summed E-state index contributed by atoms with van der Waals surface area (Å²) in [6.07, 6.45) is 1.49. The SMILES string of the molecule is Cc1cc(Br)ccc1NC(=O)CNC(=O)C1CCCN(C(=O)c2cccs2)C1. The van der Waals surface area contributed by atoms with Crippen LogP contribution in [0.5, 0.6) is 0 Å². The zero-order valence-corrected chi connectivity index (χ0v) is 17.9. The Morgan fingerprint density at radius 2 is 2.11 bits per heavy atom. The highest BCUT2D eigenvalue weighted by molar-refractivity contribution is 9.10. The van der Waals surface area contributed by atoms with Crippen molar-refractivity contribution in [3.8, 4) is 0 Å². The Balaban J connectivity index is 1.50. The number of carbonyl (C=O) groups excluding carboxylic acids is 3. The molecule has 1 aromatic heterocycles. The number of benzene rings is 1. The molecular formula is C20H22BrN3O3S. The fourth-order valence-corrected chi connectivity index (χ4v) is 4.37. The molecule has 0 radical (unpaired) electrons. The minimum Gasteiger partial charge on any atom is -0.347 e. The molecule has 0 saturated carbocycles. The summed E-state index contributed by atoms with van der Waals surface area (Å²) in [6, 6.07) is 9.22. The molecule has 2 N–H and O–H groups in total. The molecule has 0 spiro atoms. The molecule has 1 atom stereocenters. The van der Waals surface area contributed by atoms with E-state index >= 15 is 0 Å². The number of nitrogens with one attached hydrogen (secondary N) is 2. The summed E-state index contributed by atoms with van der Waals surface area (Å²) in [4.78, 5) is 39.6. The van der Waals surface area contributed by atoms with Crippen molar-refractivity contribution in [2.24, 2.45) is 5.92 Å². The molecule has 2 aromatic rings. The van der Waals surface area contributed by atoms with E-state index in [1.54, 1.807) is 11.0 Å². The fourth-order valence-electron chi connectivity index (χ4n) is 3.21. The third kappa shape index (κ3) is 5.20. The van der Waals surface area contributed by atoms with E-state index in [4.69, 9.17) is 0 Å². The highest BCUT2D eigenvalue weighted by Gasteiger charge is 2.29. The summed E-state index contributed by atoms with van der Waals surface area (Å²) in [7, 11) is 0. The first-order valence-electron chi connectivity index (χ1n) is 9.10. The molecular weight excluding hydrogens is 442 g/mol. The standard InChI is InChI=1S/C20H22BrN3O3S/c1-13-10-15(21)6-7-16(13)23-18(25)11-22-19(26)14-4-2-8-24(12-14)20(27)17-5-3-9-28-17/h3,5-7,9-10,14H,2,4,8,11-12H2,1H3,(H,22,26)(H,23,25). The van der Waals surface area contributed by atoms with Crippen molar-refractivity contribution in [1.82, 2.24) is 10.2 Å². The smallest absolute Gasteiger partial charge is 0.263 e. The summed E-state index contributed by atoms with van der Waals surface area (Å²) in [5.74, 6) is -0.789. The van der Waals surface area contributed by atoms with Crippen molar-refractivity contribution in [1.29, 1.82) is 0 Å². The lowest BCUT2D eigenvalue weighted by molar-refractivity contribution is -0.128. The predicted molar refractivity (Wildman–Crippen MR) is 113 cm³/mol. The Labute approximate surface area is 176 Å². The van der Waals surface area contributed by atoms with Crippen LogP contribution in [-0.4, -0.2) is 42.3 Å². The molecule has 1 aliphatic heterocycles. The van der Waals surface area contributed by atoms with Gasteiger partial charge in [-0.25, -0.2) is 0 Å². The van der Waals surface area contributed by atoms with Gasteiger partial charge in [0.15, 0.2) is 0 Å². The Kier molecular flexibility index (Phi) is 6.85. The first-order chi connectivity index (χ1) is 13.4. The number of amides is 3. The molecule has 2 heterocycles. The Morgan fingerprint density at radius 1 is 1.29 bits per heavy atom. The second-order valence-corrected chi connectivity index (χ2v) is 8.66. The van der Waals surface area contributed by atoms with E-state index in [0.29, 0.717) is 30.1 Å². The van der Waals surface area contributed by atoms with E-state index in [-0.39, 0.29) is 30.2 Å². The van der Waals surface area contributed by atoms with E-state index in [0.717, 1.165) is 16.5 Å². The zero-order valence-electron chi connectivity index (χ0n) is 15.5. The van der Waals surface area contributed by atoms with E-state index in [1.807, 2.05) is 36.6 Å². The molecule has 0 aliphatic carbocycles. The van der Waals surface area contributed by atoms with Crippen LogP contribution >= 0.6 is 27.3 Å². The summed E-state index contributed by atoms with van der Waals surface area (Å²) in [5.41, 5.74) is 1.65. The first-order valence-corrected chi connectivity index (χ1v) is 10.8. The van der Waals surface area contributed by atoms with Gasteiger partial charge in [-0.15, -0.1) is 11.3 Å². The molecule has 0 bridgehead atoms. The van der Waals surface area contributed by atoms with Crippen LogP contribution in [0.25, 0.3) is 0 Å². The number of hydrogen-bond donors (Lipinski definition) is 2. The zero-order chi connectivity index (χ0) is 20.1. The Morgan fingerprint density at radius 3 is 2.82 bits per heavy atom. The van der Waals surface area contributed by atoms with Gasteiger partial charge in [-0.2, -0.15) is 0 Å². The van der Waals surface area contributed by atoms with Crippen LogP contribution < -0.4 is 10.6 Å². The normalized spacial score (nSPS) is 16.5. The molecule has 1 aromatic carbocycles. The van der Waals surface area contributed by atoms with Gasteiger partial charge < -0.3 is 15.5 Å². The van der Waals surface area contributed by atoms with Gasteiger partial charge in [0.25, 0.3) is 5.91 Å². The number of carbonyl (C=O) groups is 3. The van der Waals surface area contributed by atoms with Gasteiger partial charge in [0.2, 0.25) is 11.8 Å². The topological polar surface area (TPSA) is 78.5 Å². The van der Waals surface area contributed by atoms with Crippen LogP contribution in [0.4, 0.5) is 5.69 Å². The number of thiophene rings is 1. The Hall–Kier alpha value is -2.19. The van der Waals surface area contributed by atoms with Crippen molar-refractivity contribution in [2.75, 3.05) is 25.0 Å². The van der Waals surface area contributed by atoms with Crippen LogP contribution in [0.15, 0.2) is 40.2 Å². The summed E-state index contributed by atoms with van der Waals surface area (Å²) in [5, 5.41) is 7.37. The number of piperidine rings is 1. The van der Waals surface area contributed by atoms with E-state index in [2.05, 4.69) is 26.6 Å². The van der Waals surface area contributed by atoms with Gasteiger partial charge >= 0.3 is 0 Å². The summed E-state index contributed by atoms with van der Waals surface area (Å²) >= 11 is 4.79. The average molecular weight is 464 g/mol. The fraction of sp³-hybridized carbons (Fsp3) is 0.350. The maximum Gasteiger partial charge on any atom is 0.263 e. The minimum atomic E-state index is -0.292. The third-order valence-corrected chi connectivity index (χ3v) is 6.05. The largest absolute Gasteiger partial charge is 0.347 e. The molecule has 1 aliphatic rings. The van der Waals surface area contributed by atoms with Gasteiger partial charge in [-0.1, -0.05) is 22.0 Å². The second kappa shape index (κ2) is 9.34. The van der Waals surface area contributed by atoms with Crippen LogP contribution in [-0.2, 0) is 9.59 Å². The predicted octanol–water partition coefficient (Wildman–Crippen LogP) is 3.43. The van der Waals surface area contributed by atoms with Crippen molar-refractivity contribution in [3.63, 3.8) is 0 Å². The lowest BCUT2D eigenvalue weighted by Crippen LogP contribution is -2.46. The number of likely N-dealkylation sites (tertiary alicyclic amines) is 1. The number of anilines is 1. The van der Waals surface area contributed by atoms with E-state index in [9.17, 15) is 14.4 Å². The molecule has 148 valence electrons. The molecule has 3 rings (SSSR count). The molecule has 28 heavy (non-hydrogen) atoms. The number of rotatable bonds is 5. The average Bonchev–Trinajstić information content (AvgIpc) is 3.22. The number of aryl methyl sites for hydroxylation is 1. The number of halogens is 1. The first kappa shape index (κ1) is 20.5. The lowest BCUT2D eigenvalue weighted by Gasteiger charge is -2.31. The van der Waals surface area contributed by atoms with Crippen molar-refractivity contribution in [2.45, 2.75) is 19.8 Å². The van der Waals surface area contributed by atoms with Crippen molar-refractivity contribution in [3.05, 3.63) is 50.6 Å². The monoisotopic (exact) mass is 463 g/mol. The summed E-state index contributed by atoms with van der Waals surface area (Å²) < 4.78 is 0.940. The van der Waals surface area contributed by atoms with Crippen LogP contribution in [0.1, 0.15) is 28.1 Å². The molecule has 1 unspecified atom stereocenters.